The van der Waals surface area contributed by atoms with Crippen molar-refractivity contribution >= 4 is 0 Å². The number of nitrogens with one attached hydrogen (secondary N) is 1. The summed E-state index contributed by atoms with van der Waals surface area (Å²) in [7, 11) is 1.54. The number of aromatic hydroxyl groups is 1. The van der Waals surface area contributed by atoms with E-state index in [4.69, 9.17) is 9.57 Å². The molecule has 1 aromatic carbocycles. The maximum Gasteiger partial charge on any atom is 0.160 e. The molecule has 0 aromatic heterocycles. The Kier molecular flexibility index (Phi) is 4.23. The molecule has 1 saturated carbocycles. The number of hydroxylamine groups is 1. The minimum absolute atomic E-state index is 0.160. The van der Waals surface area contributed by atoms with Gasteiger partial charge < -0.3 is 9.84 Å². The molecule has 0 bridgehead atoms. The van der Waals surface area contributed by atoms with Gasteiger partial charge in [0, 0.05) is 6.54 Å². The summed E-state index contributed by atoms with van der Waals surface area (Å²) in [6.07, 6.45) is 5.15. The van der Waals surface area contributed by atoms with Gasteiger partial charge in [-0.15, -0.1) is 0 Å². The predicted octanol–water partition coefficient (Wildman–Crippen LogP) is 2.36. The summed E-state index contributed by atoms with van der Waals surface area (Å²) in [4.78, 5) is 5.54. The van der Waals surface area contributed by atoms with Gasteiger partial charge in [0.1, 0.15) is 0 Å². The maximum absolute atomic E-state index is 9.61. The van der Waals surface area contributed by atoms with Crippen molar-refractivity contribution in [1.29, 1.82) is 0 Å². The smallest absolute Gasteiger partial charge is 0.160 e. The largest absolute Gasteiger partial charge is 0.504 e. The molecule has 1 aromatic rings. The number of rotatable bonds is 5. The highest BCUT2D eigenvalue weighted by Crippen LogP contribution is 2.26. The summed E-state index contributed by atoms with van der Waals surface area (Å²) in [5.74, 6) is 0.651. The topological polar surface area (TPSA) is 50.7 Å². The molecule has 0 amide bonds. The Bertz CT molecular complexity index is 362. The molecule has 2 rings (SSSR count). The van der Waals surface area contributed by atoms with Gasteiger partial charge in [-0.25, -0.2) is 0 Å². The fourth-order valence-electron chi connectivity index (χ4n) is 2.09. The molecule has 1 fully saturated rings. The second-order valence-electron chi connectivity index (χ2n) is 4.35. The first-order chi connectivity index (χ1) is 8.29. The van der Waals surface area contributed by atoms with Crippen LogP contribution in [0.15, 0.2) is 18.2 Å². The molecule has 17 heavy (non-hydrogen) atoms. The molecule has 0 unspecified atom stereocenters. The first-order valence-corrected chi connectivity index (χ1v) is 6.04. The minimum atomic E-state index is 0.160. The van der Waals surface area contributed by atoms with E-state index in [0.29, 0.717) is 18.4 Å². The van der Waals surface area contributed by atoms with E-state index >= 15 is 0 Å². The lowest BCUT2D eigenvalue weighted by atomic mass is 10.2. The van der Waals surface area contributed by atoms with Crippen molar-refractivity contribution in [3.63, 3.8) is 0 Å². The molecule has 1 aliphatic rings. The summed E-state index contributed by atoms with van der Waals surface area (Å²) < 4.78 is 4.98. The molecule has 1 aliphatic carbocycles. The van der Waals surface area contributed by atoms with E-state index in [1.54, 1.807) is 12.1 Å². The highest BCUT2D eigenvalue weighted by molar-refractivity contribution is 5.41. The molecule has 0 heterocycles. The third-order valence-electron chi connectivity index (χ3n) is 3.07. The Labute approximate surface area is 102 Å². The fraction of sp³-hybridized carbons (Fsp3) is 0.538. The Morgan fingerprint density at radius 2 is 2.12 bits per heavy atom. The Balaban J connectivity index is 1.80. The van der Waals surface area contributed by atoms with Crippen LogP contribution in [0.5, 0.6) is 11.5 Å². The normalized spacial score (nSPS) is 16.3. The van der Waals surface area contributed by atoms with Gasteiger partial charge in [0.05, 0.1) is 13.2 Å². The number of hydrogen-bond donors (Lipinski definition) is 2. The van der Waals surface area contributed by atoms with E-state index in [1.165, 1.54) is 20.0 Å². The van der Waals surface area contributed by atoms with Crippen LogP contribution in [0, 0.1) is 0 Å². The van der Waals surface area contributed by atoms with E-state index in [2.05, 4.69) is 5.48 Å². The number of phenolic OH excluding ortho intramolecular Hbond substituents is 1. The SMILES string of the molecule is COc1ccc(CNOC2CCCC2)cc1O. The molecule has 4 nitrogen and oxygen atoms in total. The van der Waals surface area contributed by atoms with Crippen LogP contribution in [0.4, 0.5) is 0 Å². The molecule has 0 spiro atoms. The lowest BCUT2D eigenvalue weighted by molar-refractivity contribution is -0.0244. The van der Waals surface area contributed by atoms with Crippen molar-refractivity contribution in [2.24, 2.45) is 0 Å². The van der Waals surface area contributed by atoms with Crippen molar-refractivity contribution in [1.82, 2.24) is 5.48 Å². The van der Waals surface area contributed by atoms with Crippen LogP contribution < -0.4 is 10.2 Å². The lowest BCUT2D eigenvalue weighted by Crippen LogP contribution is -2.21. The molecule has 4 heteroatoms. The second-order valence-corrected chi connectivity index (χ2v) is 4.35. The number of benzene rings is 1. The van der Waals surface area contributed by atoms with Crippen LogP contribution >= 0.6 is 0 Å². The van der Waals surface area contributed by atoms with E-state index < -0.39 is 0 Å². The van der Waals surface area contributed by atoms with Crippen LogP contribution in [0.1, 0.15) is 31.2 Å². The van der Waals surface area contributed by atoms with Crippen molar-refractivity contribution in [3.05, 3.63) is 23.8 Å². The van der Waals surface area contributed by atoms with Gasteiger partial charge in [-0.1, -0.05) is 18.9 Å². The highest BCUT2D eigenvalue weighted by atomic mass is 16.7. The standard InChI is InChI=1S/C13H19NO3/c1-16-13-7-6-10(8-12(13)15)9-14-17-11-4-2-3-5-11/h6-8,11,14-15H,2-5,9H2,1H3. The molecule has 0 radical (unpaired) electrons. The van der Waals surface area contributed by atoms with Gasteiger partial charge in [-0.3, -0.25) is 4.84 Å². The first-order valence-electron chi connectivity index (χ1n) is 6.04. The zero-order valence-corrected chi connectivity index (χ0v) is 10.1. The number of phenols is 1. The van der Waals surface area contributed by atoms with Gasteiger partial charge in [-0.05, 0) is 30.5 Å². The Morgan fingerprint density at radius 1 is 1.35 bits per heavy atom. The third-order valence-corrected chi connectivity index (χ3v) is 3.07. The Morgan fingerprint density at radius 3 is 2.76 bits per heavy atom. The zero-order chi connectivity index (χ0) is 12.1. The van der Waals surface area contributed by atoms with Crippen molar-refractivity contribution in [2.45, 2.75) is 38.3 Å². The van der Waals surface area contributed by atoms with Gasteiger partial charge in [0.2, 0.25) is 0 Å². The average Bonchev–Trinajstić information content (AvgIpc) is 2.82. The van der Waals surface area contributed by atoms with Crippen LogP contribution in [0.25, 0.3) is 0 Å². The van der Waals surface area contributed by atoms with Crippen LogP contribution in [-0.2, 0) is 11.4 Å². The first kappa shape index (κ1) is 12.2. The summed E-state index contributed by atoms with van der Waals surface area (Å²) in [5.41, 5.74) is 3.93. The van der Waals surface area contributed by atoms with E-state index in [1.807, 2.05) is 6.07 Å². The van der Waals surface area contributed by atoms with Crippen LogP contribution in [0.3, 0.4) is 0 Å². The van der Waals surface area contributed by atoms with Gasteiger partial charge in [0.25, 0.3) is 0 Å². The van der Waals surface area contributed by atoms with Gasteiger partial charge in [0.15, 0.2) is 11.5 Å². The minimum Gasteiger partial charge on any atom is -0.504 e. The third kappa shape index (κ3) is 3.35. The molecule has 94 valence electrons. The maximum atomic E-state index is 9.61. The van der Waals surface area contributed by atoms with Crippen LogP contribution in [-0.4, -0.2) is 18.3 Å². The Hall–Kier alpha value is -1.26. The lowest BCUT2D eigenvalue weighted by Gasteiger charge is -2.12. The molecule has 0 saturated heterocycles. The highest BCUT2D eigenvalue weighted by Gasteiger charge is 2.15. The molecular formula is C13H19NO3. The summed E-state index contributed by atoms with van der Waals surface area (Å²) in [5, 5.41) is 9.61. The van der Waals surface area contributed by atoms with Crippen molar-refractivity contribution < 1.29 is 14.7 Å². The summed E-state index contributed by atoms with van der Waals surface area (Å²) in [6, 6.07) is 5.34. The molecule has 0 aliphatic heterocycles. The van der Waals surface area contributed by atoms with Gasteiger partial charge >= 0.3 is 0 Å². The number of ether oxygens (including phenoxy) is 1. The summed E-state index contributed by atoms with van der Waals surface area (Å²) >= 11 is 0. The zero-order valence-electron chi connectivity index (χ0n) is 10.1. The van der Waals surface area contributed by atoms with E-state index in [-0.39, 0.29) is 5.75 Å². The summed E-state index contributed by atoms with van der Waals surface area (Å²) in [6.45, 7) is 0.591. The van der Waals surface area contributed by atoms with Gasteiger partial charge in [-0.2, -0.15) is 5.48 Å². The monoisotopic (exact) mass is 237 g/mol. The molecular weight excluding hydrogens is 218 g/mol. The van der Waals surface area contributed by atoms with E-state index in [9.17, 15) is 5.11 Å². The quantitative estimate of drug-likeness (QED) is 0.772. The number of methoxy groups -OCH3 is 1. The predicted molar refractivity (Wildman–Crippen MR) is 64.8 cm³/mol. The average molecular weight is 237 g/mol. The van der Waals surface area contributed by atoms with E-state index in [0.717, 1.165) is 18.4 Å². The number of hydrogen-bond acceptors (Lipinski definition) is 4. The molecule has 2 N–H and O–H groups in total. The van der Waals surface area contributed by atoms with Crippen molar-refractivity contribution in [2.75, 3.05) is 7.11 Å². The molecule has 0 atom stereocenters. The fourth-order valence-corrected chi connectivity index (χ4v) is 2.09. The second kappa shape index (κ2) is 5.89. The van der Waals surface area contributed by atoms with Crippen molar-refractivity contribution in [3.8, 4) is 11.5 Å². The van der Waals surface area contributed by atoms with Crippen LogP contribution in [0.2, 0.25) is 0 Å².